The normalized spacial score (nSPS) is 12.1. The number of ether oxygens (including phenoxy) is 1. The Morgan fingerprint density at radius 1 is 0.974 bits per heavy atom. The lowest BCUT2D eigenvalue weighted by Gasteiger charge is -2.18. The summed E-state index contributed by atoms with van der Waals surface area (Å²) in [5, 5.41) is 2.48. The van der Waals surface area contributed by atoms with Crippen LogP contribution in [0.15, 0.2) is 42.5 Å². The van der Waals surface area contributed by atoms with Gasteiger partial charge in [-0.15, -0.1) is 0 Å². The molecule has 1 heterocycles. The summed E-state index contributed by atoms with van der Waals surface area (Å²) in [6.07, 6.45) is -9.87. The van der Waals surface area contributed by atoms with Crippen molar-refractivity contribution in [1.82, 2.24) is 20.2 Å². The van der Waals surface area contributed by atoms with Gasteiger partial charge in [0, 0.05) is 25.6 Å². The number of halogens is 6. The topological polar surface area (TPSA) is 67.3 Å². The number of rotatable bonds is 9. The zero-order valence-corrected chi connectivity index (χ0v) is 21.8. The van der Waals surface area contributed by atoms with Gasteiger partial charge in [0.15, 0.2) is 0 Å². The van der Waals surface area contributed by atoms with Gasteiger partial charge in [-0.3, -0.25) is 4.79 Å². The molecule has 3 aromatic rings. The van der Waals surface area contributed by atoms with Crippen LogP contribution in [0.25, 0.3) is 11.1 Å². The molecule has 6 nitrogen and oxygen atoms in total. The molecule has 12 heteroatoms. The first kappa shape index (κ1) is 29.9. The monoisotopic (exact) mass is 554 g/mol. The van der Waals surface area contributed by atoms with Crippen LogP contribution in [0.2, 0.25) is 0 Å². The van der Waals surface area contributed by atoms with Gasteiger partial charge in [-0.05, 0) is 62.3 Å². The Bertz CT molecular complexity index is 1290. The highest BCUT2D eigenvalue weighted by Crippen LogP contribution is 2.38. The number of amides is 1. The Morgan fingerprint density at radius 3 is 2.13 bits per heavy atom. The quantitative estimate of drug-likeness (QED) is 0.269. The van der Waals surface area contributed by atoms with Crippen LogP contribution in [0.4, 0.5) is 26.3 Å². The molecule has 0 fully saturated rings. The lowest BCUT2D eigenvalue weighted by molar-refractivity contribution is -0.143. The number of nitrogens with zero attached hydrogens (tertiary/aromatic N) is 3. The molecule has 0 saturated heterocycles. The van der Waals surface area contributed by atoms with Crippen LogP contribution in [0, 0.1) is 6.92 Å². The Labute approximate surface area is 222 Å². The average Bonchev–Trinajstić information content (AvgIpc) is 2.85. The highest BCUT2D eigenvalue weighted by atomic mass is 19.4. The standard InChI is InChI=1S/C27H28F6N4O2/c1-16-8-5-6-9-20(16)22-21(14-17-12-18(26(28,29)30)15-19(13-17)27(31,32)33)35-25(36-23(22)24(38)34-2)39-11-7-10-37(3)4/h5-6,8-9,12-13,15H,7,10-11,14H2,1-4H3,(H,34,38). The van der Waals surface area contributed by atoms with Gasteiger partial charge in [-0.25, -0.2) is 0 Å². The third kappa shape index (κ3) is 7.69. The Kier molecular flexibility index (Phi) is 9.21. The highest BCUT2D eigenvalue weighted by molar-refractivity contribution is 6.00. The van der Waals surface area contributed by atoms with Crippen LogP contribution in [0.1, 0.15) is 44.9 Å². The van der Waals surface area contributed by atoms with Crippen molar-refractivity contribution in [2.45, 2.75) is 32.1 Å². The number of benzene rings is 2. The minimum atomic E-state index is -5.01. The van der Waals surface area contributed by atoms with E-state index in [1.54, 1.807) is 31.2 Å². The molecule has 1 amide bonds. The third-order valence-electron chi connectivity index (χ3n) is 5.82. The zero-order chi connectivity index (χ0) is 29.0. The van der Waals surface area contributed by atoms with Crippen molar-refractivity contribution < 1.29 is 35.9 Å². The van der Waals surface area contributed by atoms with Crippen molar-refractivity contribution >= 4 is 5.91 Å². The van der Waals surface area contributed by atoms with Crippen molar-refractivity contribution in [3.8, 4) is 17.1 Å². The zero-order valence-electron chi connectivity index (χ0n) is 21.8. The molecule has 1 N–H and O–H groups in total. The molecule has 0 aliphatic heterocycles. The van der Waals surface area contributed by atoms with Crippen molar-refractivity contribution in [2.75, 3.05) is 34.3 Å². The van der Waals surface area contributed by atoms with Crippen molar-refractivity contribution in [3.05, 3.63) is 76.1 Å². The average molecular weight is 555 g/mol. The third-order valence-corrected chi connectivity index (χ3v) is 5.82. The summed E-state index contributed by atoms with van der Waals surface area (Å²) in [5.74, 6) is -0.616. The highest BCUT2D eigenvalue weighted by Gasteiger charge is 2.37. The molecule has 0 radical (unpaired) electrons. The summed E-state index contributed by atoms with van der Waals surface area (Å²) in [7, 11) is 5.13. The Hall–Kier alpha value is -3.67. The number of aryl methyl sites for hydroxylation is 1. The van der Waals surface area contributed by atoms with Gasteiger partial charge >= 0.3 is 18.4 Å². The van der Waals surface area contributed by atoms with Gasteiger partial charge in [-0.2, -0.15) is 36.3 Å². The summed E-state index contributed by atoms with van der Waals surface area (Å²) in [5.41, 5.74) is -1.82. The number of alkyl halides is 6. The SMILES string of the molecule is CNC(=O)c1nc(OCCCN(C)C)nc(Cc2cc(C(F)(F)F)cc(C(F)(F)F)c2)c1-c1ccccc1C. The number of hydrogen-bond donors (Lipinski definition) is 1. The maximum atomic E-state index is 13.5. The van der Waals surface area contributed by atoms with E-state index in [0.717, 1.165) is 0 Å². The van der Waals surface area contributed by atoms with Gasteiger partial charge in [0.05, 0.1) is 23.4 Å². The van der Waals surface area contributed by atoms with Crippen LogP contribution < -0.4 is 10.1 Å². The largest absolute Gasteiger partial charge is 0.463 e. The molecule has 2 aromatic carbocycles. The maximum Gasteiger partial charge on any atom is 0.416 e. The van der Waals surface area contributed by atoms with Crippen molar-refractivity contribution in [3.63, 3.8) is 0 Å². The van der Waals surface area contributed by atoms with E-state index in [-0.39, 0.29) is 41.2 Å². The van der Waals surface area contributed by atoms with E-state index >= 15 is 0 Å². The van der Waals surface area contributed by atoms with Crippen LogP contribution in [-0.4, -0.2) is 55.1 Å². The number of carbonyl (C=O) groups is 1. The van der Waals surface area contributed by atoms with E-state index in [2.05, 4.69) is 15.3 Å². The molecule has 210 valence electrons. The van der Waals surface area contributed by atoms with E-state index in [9.17, 15) is 31.1 Å². The summed E-state index contributed by atoms with van der Waals surface area (Å²) >= 11 is 0. The van der Waals surface area contributed by atoms with Crippen LogP contribution in [0.3, 0.4) is 0 Å². The minimum Gasteiger partial charge on any atom is -0.463 e. The summed E-state index contributed by atoms with van der Waals surface area (Å²) in [6, 6.07) is 8.04. The molecule has 0 unspecified atom stereocenters. The van der Waals surface area contributed by atoms with Gasteiger partial charge in [0.1, 0.15) is 5.69 Å². The minimum absolute atomic E-state index is 0.0490. The number of hydrogen-bond acceptors (Lipinski definition) is 5. The van der Waals surface area contributed by atoms with E-state index < -0.39 is 35.8 Å². The van der Waals surface area contributed by atoms with Crippen molar-refractivity contribution in [1.29, 1.82) is 0 Å². The Morgan fingerprint density at radius 2 is 1.59 bits per heavy atom. The number of carbonyl (C=O) groups excluding carboxylic acids is 1. The van der Waals surface area contributed by atoms with E-state index in [0.29, 0.717) is 36.2 Å². The predicted molar refractivity (Wildman–Crippen MR) is 134 cm³/mol. The molecule has 0 atom stereocenters. The van der Waals surface area contributed by atoms with Crippen molar-refractivity contribution in [2.24, 2.45) is 0 Å². The fraction of sp³-hybridized carbons (Fsp3) is 0.370. The van der Waals surface area contributed by atoms with Crippen LogP contribution >= 0.6 is 0 Å². The lowest BCUT2D eigenvalue weighted by atomic mass is 9.93. The van der Waals surface area contributed by atoms with E-state index in [4.69, 9.17) is 4.74 Å². The second-order valence-electron chi connectivity index (χ2n) is 9.17. The summed E-state index contributed by atoms with van der Waals surface area (Å²) < 4.78 is 86.7. The molecule has 0 bridgehead atoms. The first-order chi connectivity index (χ1) is 18.2. The first-order valence-electron chi connectivity index (χ1n) is 12.0. The van der Waals surface area contributed by atoms with Gasteiger partial charge in [0.2, 0.25) is 0 Å². The fourth-order valence-corrected chi connectivity index (χ4v) is 3.96. The van der Waals surface area contributed by atoms with Gasteiger partial charge in [0.25, 0.3) is 5.91 Å². The maximum absolute atomic E-state index is 13.5. The molecule has 3 rings (SSSR count). The molecule has 39 heavy (non-hydrogen) atoms. The Balaban J connectivity index is 2.23. The van der Waals surface area contributed by atoms with Crippen LogP contribution in [0.5, 0.6) is 6.01 Å². The molecule has 1 aromatic heterocycles. The van der Waals surface area contributed by atoms with E-state index in [1.807, 2.05) is 19.0 Å². The smallest absolute Gasteiger partial charge is 0.416 e. The lowest BCUT2D eigenvalue weighted by Crippen LogP contribution is -2.23. The second kappa shape index (κ2) is 12.0. The molecule has 0 saturated carbocycles. The molecule has 0 spiro atoms. The summed E-state index contributed by atoms with van der Waals surface area (Å²) in [4.78, 5) is 23.5. The van der Waals surface area contributed by atoms with Gasteiger partial charge < -0.3 is 15.0 Å². The number of nitrogens with one attached hydrogen (secondary N) is 1. The fourth-order valence-electron chi connectivity index (χ4n) is 3.96. The van der Waals surface area contributed by atoms with Crippen LogP contribution in [-0.2, 0) is 18.8 Å². The van der Waals surface area contributed by atoms with E-state index in [1.165, 1.54) is 7.05 Å². The summed E-state index contributed by atoms with van der Waals surface area (Å²) in [6.45, 7) is 2.61. The molecular formula is C27H28F6N4O2. The number of aromatic nitrogens is 2. The second-order valence-corrected chi connectivity index (χ2v) is 9.17. The predicted octanol–water partition coefficient (Wildman–Crippen LogP) is 5.77. The molecule has 0 aliphatic carbocycles. The van der Waals surface area contributed by atoms with Gasteiger partial charge in [-0.1, -0.05) is 24.3 Å². The molecular weight excluding hydrogens is 526 g/mol. The first-order valence-corrected chi connectivity index (χ1v) is 12.0. The molecule has 0 aliphatic rings.